The van der Waals surface area contributed by atoms with Gasteiger partial charge in [-0.15, -0.1) is 0 Å². The van der Waals surface area contributed by atoms with E-state index in [-0.39, 0.29) is 11.3 Å². The van der Waals surface area contributed by atoms with Crippen LogP contribution in [0.2, 0.25) is 0 Å². The first-order valence-corrected chi connectivity index (χ1v) is 11.7. The first-order valence-electron chi connectivity index (χ1n) is 11.7. The first-order chi connectivity index (χ1) is 16.4. The number of nitrogens with zero attached hydrogens (tertiary/aromatic N) is 2. The van der Waals surface area contributed by atoms with Crippen LogP contribution >= 0.6 is 0 Å². The van der Waals surface area contributed by atoms with Gasteiger partial charge in [-0.25, -0.2) is 0 Å². The summed E-state index contributed by atoms with van der Waals surface area (Å²) in [6, 6.07) is 13.5. The number of benzene rings is 2. The summed E-state index contributed by atoms with van der Waals surface area (Å²) < 4.78 is 11.0. The Bertz CT molecular complexity index is 1030. The summed E-state index contributed by atoms with van der Waals surface area (Å²) in [5.74, 6) is -0.198. The van der Waals surface area contributed by atoms with Crippen LogP contribution in [0.15, 0.2) is 54.1 Å². The summed E-state index contributed by atoms with van der Waals surface area (Å²) in [6.45, 7) is 3.83. The molecule has 2 aromatic rings. The van der Waals surface area contributed by atoms with Crippen LogP contribution in [0.25, 0.3) is 5.76 Å². The van der Waals surface area contributed by atoms with E-state index in [1.807, 2.05) is 37.2 Å². The zero-order valence-electron chi connectivity index (χ0n) is 20.4. The van der Waals surface area contributed by atoms with Gasteiger partial charge < -0.3 is 24.4 Å². The van der Waals surface area contributed by atoms with E-state index in [9.17, 15) is 14.7 Å². The summed E-state index contributed by atoms with van der Waals surface area (Å²) in [5.41, 5.74) is 1.27. The van der Waals surface area contributed by atoms with E-state index >= 15 is 0 Å². The molecule has 0 saturated carbocycles. The van der Waals surface area contributed by atoms with E-state index in [0.717, 1.165) is 24.9 Å². The van der Waals surface area contributed by atoms with Crippen molar-refractivity contribution in [3.8, 4) is 11.5 Å². The molecule has 0 bridgehead atoms. The van der Waals surface area contributed by atoms with Crippen molar-refractivity contribution in [1.82, 2.24) is 9.80 Å². The number of unbranched alkanes of at least 4 members (excludes halogenated alkanes) is 1. The molecule has 1 fully saturated rings. The van der Waals surface area contributed by atoms with Crippen molar-refractivity contribution in [2.75, 3.05) is 40.9 Å². The predicted molar refractivity (Wildman–Crippen MR) is 132 cm³/mol. The van der Waals surface area contributed by atoms with Crippen molar-refractivity contribution in [3.63, 3.8) is 0 Å². The largest absolute Gasteiger partial charge is 0.507 e. The van der Waals surface area contributed by atoms with Gasteiger partial charge in [0.05, 0.1) is 25.3 Å². The van der Waals surface area contributed by atoms with E-state index in [4.69, 9.17) is 9.47 Å². The number of hydrogen-bond donors (Lipinski definition) is 1. The van der Waals surface area contributed by atoms with Crippen LogP contribution in [0, 0.1) is 0 Å². The molecule has 1 N–H and O–H groups in total. The van der Waals surface area contributed by atoms with Crippen LogP contribution < -0.4 is 9.47 Å². The minimum Gasteiger partial charge on any atom is -0.507 e. The molecular weight excluding hydrogens is 432 g/mol. The Morgan fingerprint density at radius 2 is 1.79 bits per heavy atom. The zero-order chi connectivity index (χ0) is 24.7. The van der Waals surface area contributed by atoms with Crippen molar-refractivity contribution in [3.05, 3.63) is 65.2 Å². The SMILES string of the molecule is CCCCOc1cccc(/C(O)=C2\C(=O)C(=O)N(CCCN(C)C)C2c2ccc(OC)cc2)c1. The van der Waals surface area contributed by atoms with E-state index in [0.29, 0.717) is 36.6 Å². The molecule has 1 atom stereocenters. The van der Waals surface area contributed by atoms with E-state index < -0.39 is 17.7 Å². The molecule has 1 unspecified atom stereocenters. The number of methoxy groups -OCH3 is 1. The number of aliphatic hydroxyl groups is 1. The number of amides is 1. The van der Waals surface area contributed by atoms with Crippen LogP contribution in [-0.4, -0.2) is 67.5 Å². The van der Waals surface area contributed by atoms with Gasteiger partial charge in [0.25, 0.3) is 11.7 Å². The number of ketones is 1. The Kier molecular flexibility index (Phi) is 8.71. The van der Waals surface area contributed by atoms with Gasteiger partial charge in [0.2, 0.25) is 0 Å². The fraction of sp³-hybridized carbons (Fsp3) is 0.407. The molecule has 1 heterocycles. The Morgan fingerprint density at radius 3 is 2.44 bits per heavy atom. The van der Waals surface area contributed by atoms with Crippen molar-refractivity contribution >= 4 is 17.4 Å². The molecule has 0 radical (unpaired) electrons. The first kappa shape index (κ1) is 25.3. The number of carbonyl (C=O) groups is 2. The molecule has 34 heavy (non-hydrogen) atoms. The fourth-order valence-electron chi connectivity index (χ4n) is 4.02. The minimum absolute atomic E-state index is 0.0886. The second-order valence-corrected chi connectivity index (χ2v) is 8.65. The molecular formula is C27H34N2O5. The highest BCUT2D eigenvalue weighted by molar-refractivity contribution is 6.46. The third-order valence-corrected chi connectivity index (χ3v) is 5.85. The third-order valence-electron chi connectivity index (χ3n) is 5.85. The summed E-state index contributed by atoms with van der Waals surface area (Å²) in [5, 5.41) is 11.3. The van der Waals surface area contributed by atoms with Gasteiger partial charge in [-0.1, -0.05) is 37.6 Å². The average Bonchev–Trinajstić information content (AvgIpc) is 3.09. The maximum Gasteiger partial charge on any atom is 0.295 e. The second kappa shape index (κ2) is 11.7. The smallest absolute Gasteiger partial charge is 0.295 e. The van der Waals surface area contributed by atoms with Crippen molar-refractivity contribution in [2.45, 2.75) is 32.2 Å². The Morgan fingerprint density at radius 1 is 1.06 bits per heavy atom. The third kappa shape index (κ3) is 5.78. The van der Waals surface area contributed by atoms with Crippen LogP contribution in [0.5, 0.6) is 11.5 Å². The van der Waals surface area contributed by atoms with Crippen molar-refractivity contribution in [1.29, 1.82) is 0 Å². The van der Waals surface area contributed by atoms with Crippen LogP contribution in [-0.2, 0) is 9.59 Å². The van der Waals surface area contributed by atoms with E-state index in [1.54, 1.807) is 42.3 Å². The number of likely N-dealkylation sites (tertiary alicyclic amines) is 1. The normalized spacial score (nSPS) is 17.4. The molecule has 7 nitrogen and oxygen atoms in total. The van der Waals surface area contributed by atoms with Crippen LogP contribution in [0.1, 0.15) is 43.4 Å². The van der Waals surface area contributed by atoms with Gasteiger partial charge in [-0.3, -0.25) is 9.59 Å². The monoisotopic (exact) mass is 466 g/mol. The molecule has 3 rings (SSSR count). The molecule has 1 aliphatic heterocycles. The number of hydrogen-bond acceptors (Lipinski definition) is 6. The van der Waals surface area contributed by atoms with Gasteiger partial charge in [-0.2, -0.15) is 0 Å². The average molecular weight is 467 g/mol. The maximum atomic E-state index is 13.2. The molecule has 2 aromatic carbocycles. The van der Waals surface area contributed by atoms with Gasteiger partial charge in [0.15, 0.2) is 0 Å². The van der Waals surface area contributed by atoms with Gasteiger partial charge in [0.1, 0.15) is 17.3 Å². The lowest BCUT2D eigenvalue weighted by Gasteiger charge is -2.26. The minimum atomic E-state index is -0.683. The Labute approximate surface area is 201 Å². The molecule has 1 saturated heterocycles. The van der Waals surface area contributed by atoms with Crippen molar-refractivity contribution < 1.29 is 24.2 Å². The highest BCUT2D eigenvalue weighted by Crippen LogP contribution is 2.40. The number of rotatable bonds is 11. The topological polar surface area (TPSA) is 79.3 Å². The number of carbonyl (C=O) groups excluding carboxylic acids is 2. The summed E-state index contributed by atoms with van der Waals surface area (Å²) >= 11 is 0. The lowest BCUT2D eigenvalue weighted by Crippen LogP contribution is -2.32. The predicted octanol–water partition coefficient (Wildman–Crippen LogP) is 4.25. The van der Waals surface area contributed by atoms with Crippen LogP contribution in [0.3, 0.4) is 0 Å². The molecule has 0 aliphatic carbocycles. The molecule has 182 valence electrons. The Hall–Kier alpha value is -3.32. The van der Waals surface area contributed by atoms with Gasteiger partial charge in [-0.05, 0) is 63.3 Å². The summed E-state index contributed by atoms with van der Waals surface area (Å²) in [7, 11) is 5.51. The zero-order valence-corrected chi connectivity index (χ0v) is 20.4. The standard InChI is InChI=1S/C27H34N2O5/c1-5-6-17-34-22-10-7-9-20(18-22)25(30)23-24(19-11-13-21(33-4)14-12-19)29(27(32)26(23)31)16-8-15-28(2)3/h7,9-14,18,24,30H,5-6,8,15-17H2,1-4H3/b25-23+. The second-order valence-electron chi connectivity index (χ2n) is 8.65. The lowest BCUT2D eigenvalue weighted by molar-refractivity contribution is -0.139. The number of aliphatic hydroxyl groups excluding tert-OH is 1. The van der Waals surface area contributed by atoms with E-state index in [1.165, 1.54) is 0 Å². The highest BCUT2D eigenvalue weighted by atomic mass is 16.5. The summed E-state index contributed by atoms with van der Waals surface area (Å²) in [6.07, 6.45) is 2.64. The van der Waals surface area contributed by atoms with Crippen LogP contribution in [0.4, 0.5) is 0 Å². The Balaban J connectivity index is 2.02. The fourth-order valence-corrected chi connectivity index (χ4v) is 4.02. The quantitative estimate of drug-likeness (QED) is 0.231. The highest BCUT2D eigenvalue weighted by Gasteiger charge is 2.45. The molecule has 0 aromatic heterocycles. The number of Topliss-reactive ketones (excluding diaryl/α,β-unsaturated/α-hetero) is 1. The lowest BCUT2D eigenvalue weighted by atomic mass is 9.95. The molecule has 1 amide bonds. The van der Waals surface area contributed by atoms with Gasteiger partial charge >= 0.3 is 0 Å². The number of ether oxygens (including phenoxy) is 2. The molecule has 7 heteroatoms. The van der Waals surface area contributed by atoms with Crippen molar-refractivity contribution in [2.24, 2.45) is 0 Å². The maximum absolute atomic E-state index is 13.2. The van der Waals surface area contributed by atoms with Gasteiger partial charge in [0, 0.05) is 12.1 Å². The molecule has 1 aliphatic rings. The molecule has 0 spiro atoms. The van der Waals surface area contributed by atoms with E-state index in [2.05, 4.69) is 6.92 Å². The summed E-state index contributed by atoms with van der Waals surface area (Å²) in [4.78, 5) is 29.8.